The molecule has 1 amide bonds. The molecule has 1 aliphatic heterocycles. The molecule has 1 aliphatic rings. The molecule has 4 atom stereocenters. The minimum Gasteiger partial charge on any atom is -0.391 e. The van der Waals surface area contributed by atoms with Crippen LogP contribution in [0.3, 0.4) is 0 Å². The lowest BCUT2D eigenvalue weighted by Gasteiger charge is -2.36. The fraction of sp³-hybridized carbons (Fsp3) is 0.875. The van der Waals surface area contributed by atoms with E-state index < -0.39 is 47.5 Å². The monoisotopic (exact) mass is 285 g/mol. The number of carbonyl (C=O) groups excluding carboxylic acids is 1. The van der Waals surface area contributed by atoms with Crippen molar-refractivity contribution in [2.24, 2.45) is 0 Å². The summed E-state index contributed by atoms with van der Waals surface area (Å²) in [5.41, 5.74) is 0. The molecule has 4 N–H and O–H groups in total. The van der Waals surface area contributed by atoms with E-state index in [0.29, 0.717) is 0 Å². The van der Waals surface area contributed by atoms with Gasteiger partial charge in [0.2, 0.25) is 5.91 Å². The highest BCUT2D eigenvalue weighted by Gasteiger charge is 2.37. The van der Waals surface area contributed by atoms with Crippen molar-refractivity contribution in [1.82, 2.24) is 5.32 Å². The maximum atomic E-state index is 10.8. The van der Waals surface area contributed by atoms with Gasteiger partial charge in [-0.15, -0.1) is 0 Å². The standard InChI is InChI=1S/C8H15NO8S/c1-4(10)9-7-6(11)2-5(17-8(7)12)3-16-18(13,14)15/h5-8,11-12H,2-3H2,1H3,(H,9,10)(H,13,14,15)/t5?,6-,7?,8?/m1/s1. The molecular weight excluding hydrogens is 270 g/mol. The second kappa shape index (κ2) is 5.91. The molecule has 0 saturated carbocycles. The van der Waals surface area contributed by atoms with Crippen LogP contribution in [0.25, 0.3) is 0 Å². The van der Waals surface area contributed by atoms with Crippen LogP contribution < -0.4 is 5.32 Å². The van der Waals surface area contributed by atoms with E-state index in [1.54, 1.807) is 0 Å². The fourth-order valence-electron chi connectivity index (χ4n) is 1.61. The summed E-state index contributed by atoms with van der Waals surface area (Å²) in [7, 11) is -4.60. The molecule has 0 bridgehead atoms. The lowest BCUT2D eigenvalue weighted by Crippen LogP contribution is -2.57. The van der Waals surface area contributed by atoms with Crippen molar-refractivity contribution in [2.75, 3.05) is 6.61 Å². The minimum absolute atomic E-state index is 0.0580. The Bertz CT molecular complexity index is 384. The lowest BCUT2D eigenvalue weighted by atomic mass is 10.0. The molecule has 0 aliphatic carbocycles. The van der Waals surface area contributed by atoms with Crippen molar-refractivity contribution in [3.63, 3.8) is 0 Å². The van der Waals surface area contributed by atoms with Gasteiger partial charge in [0.1, 0.15) is 6.04 Å². The summed E-state index contributed by atoms with van der Waals surface area (Å²) in [6.45, 7) is 0.673. The maximum absolute atomic E-state index is 10.8. The van der Waals surface area contributed by atoms with Crippen molar-refractivity contribution in [3.05, 3.63) is 0 Å². The molecule has 0 aromatic heterocycles. The summed E-state index contributed by atoms with van der Waals surface area (Å²) in [5.74, 6) is -0.450. The Kier molecular flexibility index (Phi) is 5.01. The Morgan fingerprint density at radius 3 is 2.56 bits per heavy atom. The number of aliphatic hydroxyl groups is 2. The number of ether oxygens (including phenoxy) is 1. The molecule has 0 radical (unpaired) electrons. The van der Waals surface area contributed by atoms with Crippen LogP contribution in [0.4, 0.5) is 0 Å². The van der Waals surface area contributed by atoms with E-state index in [1.807, 2.05) is 0 Å². The second-order valence-electron chi connectivity index (χ2n) is 3.89. The van der Waals surface area contributed by atoms with Gasteiger partial charge in [-0.2, -0.15) is 8.42 Å². The van der Waals surface area contributed by atoms with Crippen LogP contribution in [0.1, 0.15) is 13.3 Å². The van der Waals surface area contributed by atoms with Crippen LogP contribution in [0, 0.1) is 0 Å². The van der Waals surface area contributed by atoms with Gasteiger partial charge >= 0.3 is 10.4 Å². The first kappa shape index (κ1) is 15.3. The van der Waals surface area contributed by atoms with Crippen molar-refractivity contribution in [1.29, 1.82) is 0 Å². The molecular formula is C8H15NO8S. The van der Waals surface area contributed by atoms with E-state index in [2.05, 4.69) is 9.50 Å². The first-order chi connectivity index (χ1) is 8.19. The van der Waals surface area contributed by atoms with E-state index in [1.165, 1.54) is 6.92 Å². The molecule has 1 saturated heterocycles. The molecule has 10 heteroatoms. The number of rotatable bonds is 4. The summed E-state index contributed by atoms with van der Waals surface area (Å²) in [6.07, 6.45) is -3.58. The van der Waals surface area contributed by atoms with Crippen molar-refractivity contribution in [3.8, 4) is 0 Å². The van der Waals surface area contributed by atoms with Gasteiger partial charge in [0.15, 0.2) is 6.29 Å². The Labute approximate surface area is 104 Å². The summed E-state index contributed by atoms with van der Waals surface area (Å²) in [4.78, 5) is 10.8. The zero-order valence-electron chi connectivity index (χ0n) is 9.51. The number of nitrogens with one attached hydrogen (secondary N) is 1. The average Bonchev–Trinajstić information content (AvgIpc) is 2.19. The third-order valence-corrected chi connectivity index (χ3v) is 2.76. The summed E-state index contributed by atoms with van der Waals surface area (Å²) < 4.78 is 38.1. The number of aliphatic hydroxyl groups excluding tert-OH is 2. The van der Waals surface area contributed by atoms with Crippen molar-refractivity contribution < 1.29 is 36.9 Å². The third-order valence-electron chi connectivity index (χ3n) is 2.33. The summed E-state index contributed by atoms with van der Waals surface area (Å²) in [5, 5.41) is 21.5. The highest BCUT2D eigenvalue weighted by atomic mass is 32.3. The fourth-order valence-corrected chi connectivity index (χ4v) is 1.94. The minimum atomic E-state index is -4.60. The Balaban J connectivity index is 2.53. The number of hydrogen-bond donors (Lipinski definition) is 4. The average molecular weight is 285 g/mol. The largest absolute Gasteiger partial charge is 0.397 e. The molecule has 0 aromatic rings. The lowest BCUT2D eigenvalue weighted by molar-refractivity contribution is -0.213. The Morgan fingerprint density at radius 2 is 2.11 bits per heavy atom. The van der Waals surface area contributed by atoms with Crippen LogP contribution >= 0.6 is 0 Å². The number of carbonyl (C=O) groups is 1. The van der Waals surface area contributed by atoms with E-state index >= 15 is 0 Å². The van der Waals surface area contributed by atoms with E-state index in [4.69, 9.17) is 9.29 Å². The van der Waals surface area contributed by atoms with Crippen molar-refractivity contribution >= 4 is 16.3 Å². The molecule has 3 unspecified atom stereocenters. The second-order valence-corrected chi connectivity index (χ2v) is 4.98. The van der Waals surface area contributed by atoms with E-state index in [-0.39, 0.29) is 6.42 Å². The predicted octanol–water partition coefficient (Wildman–Crippen LogP) is -2.22. The summed E-state index contributed by atoms with van der Waals surface area (Å²) in [6, 6.07) is -0.996. The highest BCUT2D eigenvalue weighted by Crippen LogP contribution is 2.19. The predicted molar refractivity (Wildman–Crippen MR) is 56.6 cm³/mol. The topological polar surface area (TPSA) is 142 Å². The van der Waals surface area contributed by atoms with Gasteiger partial charge in [-0.05, 0) is 0 Å². The maximum Gasteiger partial charge on any atom is 0.397 e. The Hall–Kier alpha value is -0.780. The zero-order chi connectivity index (χ0) is 13.9. The Morgan fingerprint density at radius 1 is 1.50 bits per heavy atom. The summed E-state index contributed by atoms with van der Waals surface area (Å²) >= 11 is 0. The van der Waals surface area contributed by atoms with Crippen LogP contribution in [-0.2, 0) is 24.1 Å². The first-order valence-electron chi connectivity index (χ1n) is 5.09. The van der Waals surface area contributed by atoms with Gasteiger partial charge in [0.25, 0.3) is 0 Å². The van der Waals surface area contributed by atoms with Gasteiger partial charge < -0.3 is 20.3 Å². The van der Waals surface area contributed by atoms with E-state index in [9.17, 15) is 23.4 Å². The van der Waals surface area contributed by atoms with Gasteiger partial charge in [0.05, 0.1) is 18.8 Å². The quantitative estimate of drug-likeness (QED) is 0.425. The molecule has 0 aromatic carbocycles. The molecule has 1 heterocycles. The molecule has 1 rings (SSSR count). The van der Waals surface area contributed by atoms with Gasteiger partial charge in [-0.1, -0.05) is 0 Å². The number of hydrogen-bond acceptors (Lipinski definition) is 7. The highest BCUT2D eigenvalue weighted by molar-refractivity contribution is 7.80. The van der Waals surface area contributed by atoms with E-state index in [0.717, 1.165) is 0 Å². The van der Waals surface area contributed by atoms with Crippen LogP contribution in [0.2, 0.25) is 0 Å². The van der Waals surface area contributed by atoms with Crippen LogP contribution in [-0.4, -0.2) is 60.2 Å². The van der Waals surface area contributed by atoms with Crippen LogP contribution in [0.5, 0.6) is 0 Å². The number of amides is 1. The SMILES string of the molecule is CC(=O)NC1C(O)OC(COS(=O)(=O)O)C[C@H]1O. The molecule has 9 nitrogen and oxygen atoms in total. The first-order valence-corrected chi connectivity index (χ1v) is 6.46. The molecule has 1 fully saturated rings. The van der Waals surface area contributed by atoms with Gasteiger partial charge in [-0.3, -0.25) is 9.35 Å². The molecule has 0 spiro atoms. The zero-order valence-corrected chi connectivity index (χ0v) is 10.3. The van der Waals surface area contributed by atoms with Crippen LogP contribution in [0.15, 0.2) is 0 Å². The smallest absolute Gasteiger partial charge is 0.391 e. The van der Waals surface area contributed by atoms with Gasteiger partial charge in [0, 0.05) is 13.3 Å². The van der Waals surface area contributed by atoms with Gasteiger partial charge in [-0.25, -0.2) is 4.18 Å². The molecule has 18 heavy (non-hydrogen) atoms. The third kappa shape index (κ3) is 4.84. The normalized spacial score (nSPS) is 33.1. The van der Waals surface area contributed by atoms with Crippen molar-refractivity contribution in [2.45, 2.75) is 37.9 Å². The molecule has 106 valence electrons.